The Bertz CT molecular complexity index is 572. The second-order valence-electron chi connectivity index (χ2n) is 5.10. The van der Waals surface area contributed by atoms with Gasteiger partial charge in [0.15, 0.2) is 0 Å². The summed E-state index contributed by atoms with van der Waals surface area (Å²) in [6.45, 7) is 6.72. The summed E-state index contributed by atoms with van der Waals surface area (Å²) >= 11 is 1.76. The van der Waals surface area contributed by atoms with Gasteiger partial charge in [-0.05, 0) is 48.2 Å². The summed E-state index contributed by atoms with van der Waals surface area (Å²) in [6.07, 6.45) is 0. The van der Waals surface area contributed by atoms with Gasteiger partial charge in [0.2, 0.25) is 5.91 Å². The van der Waals surface area contributed by atoms with Gasteiger partial charge in [-0.2, -0.15) is 0 Å². The number of carbonyl (C=O) groups excluding carboxylic acids is 1. The molecule has 0 atom stereocenters. The maximum atomic E-state index is 11.6. The van der Waals surface area contributed by atoms with E-state index in [-0.39, 0.29) is 11.8 Å². The second-order valence-corrected chi connectivity index (χ2v) is 6.10. The lowest BCUT2D eigenvalue weighted by Crippen LogP contribution is -2.17. The number of amides is 1. The Kier molecular flexibility index (Phi) is 4.79. The van der Waals surface area contributed by atoms with Gasteiger partial charge in [0.05, 0.1) is 0 Å². The fourth-order valence-corrected chi connectivity index (χ4v) is 2.57. The number of carbonyl (C=O) groups is 1. The standard InChI is InChI=1S/C16H20N2OS/c1-11(2)16(19)18-14-6-4-13(5-7-14)17-10-15-12(3)8-9-20-15/h4-9,11,17H,10H2,1-3H3,(H,18,19). The van der Waals surface area contributed by atoms with E-state index in [1.165, 1.54) is 10.4 Å². The minimum Gasteiger partial charge on any atom is -0.380 e. The van der Waals surface area contributed by atoms with E-state index in [1.807, 2.05) is 38.1 Å². The Morgan fingerprint density at radius 3 is 2.35 bits per heavy atom. The predicted octanol–water partition coefficient (Wildman–Crippen LogP) is 4.26. The van der Waals surface area contributed by atoms with Crippen LogP contribution in [0.1, 0.15) is 24.3 Å². The summed E-state index contributed by atoms with van der Waals surface area (Å²) in [6, 6.07) is 9.94. The lowest BCUT2D eigenvalue weighted by atomic mass is 10.2. The Morgan fingerprint density at radius 1 is 1.15 bits per heavy atom. The smallest absolute Gasteiger partial charge is 0.226 e. The Balaban J connectivity index is 1.91. The van der Waals surface area contributed by atoms with E-state index in [0.717, 1.165) is 17.9 Å². The Morgan fingerprint density at radius 2 is 1.80 bits per heavy atom. The van der Waals surface area contributed by atoms with Crippen molar-refractivity contribution in [1.29, 1.82) is 0 Å². The van der Waals surface area contributed by atoms with E-state index in [4.69, 9.17) is 0 Å². The van der Waals surface area contributed by atoms with Crippen LogP contribution in [0.5, 0.6) is 0 Å². The van der Waals surface area contributed by atoms with Crippen LogP contribution in [0.2, 0.25) is 0 Å². The van der Waals surface area contributed by atoms with Gasteiger partial charge in [0.25, 0.3) is 0 Å². The van der Waals surface area contributed by atoms with E-state index in [9.17, 15) is 4.79 Å². The summed E-state index contributed by atoms with van der Waals surface area (Å²) < 4.78 is 0. The first kappa shape index (κ1) is 14.6. The van der Waals surface area contributed by atoms with Crippen LogP contribution in [-0.2, 0) is 11.3 Å². The molecule has 4 heteroatoms. The molecule has 0 saturated heterocycles. The predicted molar refractivity (Wildman–Crippen MR) is 86.3 cm³/mol. The fourth-order valence-electron chi connectivity index (χ4n) is 1.73. The molecule has 0 saturated carbocycles. The summed E-state index contributed by atoms with van der Waals surface area (Å²) in [4.78, 5) is 12.9. The molecule has 2 aromatic rings. The monoisotopic (exact) mass is 288 g/mol. The number of thiophene rings is 1. The molecule has 0 spiro atoms. The third-order valence-corrected chi connectivity index (χ3v) is 4.12. The van der Waals surface area contributed by atoms with Crippen molar-refractivity contribution in [2.24, 2.45) is 5.92 Å². The molecule has 2 rings (SSSR count). The van der Waals surface area contributed by atoms with Crippen LogP contribution < -0.4 is 10.6 Å². The molecule has 20 heavy (non-hydrogen) atoms. The quantitative estimate of drug-likeness (QED) is 0.863. The van der Waals surface area contributed by atoms with Gasteiger partial charge >= 0.3 is 0 Å². The molecule has 0 aliphatic carbocycles. The molecule has 1 amide bonds. The van der Waals surface area contributed by atoms with Gasteiger partial charge < -0.3 is 10.6 Å². The molecule has 1 aromatic carbocycles. The van der Waals surface area contributed by atoms with Gasteiger partial charge in [0.1, 0.15) is 0 Å². The van der Waals surface area contributed by atoms with Crippen molar-refractivity contribution in [3.8, 4) is 0 Å². The number of anilines is 2. The van der Waals surface area contributed by atoms with E-state index in [2.05, 4.69) is 29.0 Å². The number of rotatable bonds is 5. The van der Waals surface area contributed by atoms with Crippen molar-refractivity contribution in [2.75, 3.05) is 10.6 Å². The number of benzene rings is 1. The summed E-state index contributed by atoms with van der Waals surface area (Å²) in [5, 5.41) is 8.38. The van der Waals surface area contributed by atoms with Crippen LogP contribution >= 0.6 is 11.3 Å². The van der Waals surface area contributed by atoms with E-state index >= 15 is 0 Å². The number of nitrogens with one attached hydrogen (secondary N) is 2. The highest BCUT2D eigenvalue weighted by molar-refractivity contribution is 7.10. The maximum Gasteiger partial charge on any atom is 0.226 e. The van der Waals surface area contributed by atoms with Crippen LogP contribution in [0, 0.1) is 12.8 Å². The average molecular weight is 288 g/mol. The molecular weight excluding hydrogens is 268 g/mol. The highest BCUT2D eigenvalue weighted by Crippen LogP contribution is 2.19. The molecule has 0 unspecified atom stereocenters. The van der Waals surface area contributed by atoms with Gasteiger partial charge in [-0.15, -0.1) is 11.3 Å². The zero-order chi connectivity index (χ0) is 14.5. The lowest BCUT2D eigenvalue weighted by molar-refractivity contribution is -0.118. The van der Waals surface area contributed by atoms with Crippen LogP contribution in [0.25, 0.3) is 0 Å². The molecule has 106 valence electrons. The highest BCUT2D eigenvalue weighted by Gasteiger charge is 2.06. The van der Waals surface area contributed by atoms with Crippen molar-refractivity contribution in [1.82, 2.24) is 0 Å². The fraction of sp³-hybridized carbons (Fsp3) is 0.312. The first-order chi connectivity index (χ1) is 9.56. The van der Waals surface area contributed by atoms with Crippen molar-refractivity contribution >= 4 is 28.6 Å². The first-order valence-electron chi connectivity index (χ1n) is 6.74. The molecule has 3 nitrogen and oxygen atoms in total. The first-order valence-corrected chi connectivity index (χ1v) is 7.62. The molecule has 0 fully saturated rings. The van der Waals surface area contributed by atoms with Crippen molar-refractivity contribution < 1.29 is 4.79 Å². The molecule has 2 N–H and O–H groups in total. The van der Waals surface area contributed by atoms with Crippen molar-refractivity contribution in [3.05, 3.63) is 46.2 Å². The molecule has 0 radical (unpaired) electrons. The molecular formula is C16H20N2OS. The number of aryl methyl sites for hydroxylation is 1. The SMILES string of the molecule is Cc1ccsc1CNc1ccc(NC(=O)C(C)C)cc1. The molecule has 1 aromatic heterocycles. The van der Waals surface area contributed by atoms with Crippen molar-refractivity contribution in [2.45, 2.75) is 27.3 Å². The molecule has 0 aliphatic heterocycles. The van der Waals surface area contributed by atoms with Gasteiger partial charge in [-0.3, -0.25) is 4.79 Å². The molecule has 1 heterocycles. The van der Waals surface area contributed by atoms with Crippen LogP contribution in [-0.4, -0.2) is 5.91 Å². The van der Waals surface area contributed by atoms with Crippen molar-refractivity contribution in [3.63, 3.8) is 0 Å². The van der Waals surface area contributed by atoms with Gasteiger partial charge in [-0.25, -0.2) is 0 Å². The normalized spacial score (nSPS) is 10.6. The largest absolute Gasteiger partial charge is 0.380 e. The Hall–Kier alpha value is -1.81. The van der Waals surface area contributed by atoms with E-state index in [1.54, 1.807) is 11.3 Å². The Labute approximate surface area is 124 Å². The van der Waals surface area contributed by atoms with E-state index in [0.29, 0.717) is 0 Å². The van der Waals surface area contributed by atoms with Crippen LogP contribution in [0.4, 0.5) is 11.4 Å². The second kappa shape index (κ2) is 6.57. The minimum absolute atomic E-state index is 0.00500. The minimum atomic E-state index is -0.00500. The number of hydrogen-bond donors (Lipinski definition) is 2. The maximum absolute atomic E-state index is 11.6. The topological polar surface area (TPSA) is 41.1 Å². The third kappa shape index (κ3) is 3.84. The highest BCUT2D eigenvalue weighted by atomic mass is 32.1. The summed E-state index contributed by atoms with van der Waals surface area (Å²) in [5.74, 6) is 0.0366. The summed E-state index contributed by atoms with van der Waals surface area (Å²) in [5.41, 5.74) is 3.21. The zero-order valence-corrected chi connectivity index (χ0v) is 12.9. The van der Waals surface area contributed by atoms with Gasteiger partial charge in [0, 0.05) is 28.7 Å². The van der Waals surface area contributed by atoms with Crippen LogP contribution in [0.15, 0.2) is 35.7 Å². The number of hydrogen-bond acceptors (Lipinski definition) is 3. The van der Waals surface area contributed by atoms with E-state index < -0.39 is 0 Å². The molecule has 0 bridgehead atoms. The van der Waals surface area contributed by atoms with Crippen LogP contribution in [0.3, 0.4) is 0 Å². The zero-order valence-electron chi connectivity index (χ0n) is 12.1. The third-order valence-electron chi connectivity index (χ3n) is 3.10. The average Bonchev–Trinajstić information content (AvgIpc) is 2.83. The summed E-state index contributed by atoms with van der Waals surface area (Å²) in [7, 11) is 0. The lowest BCUT2D eigenvalue weighted by Gasteiger charge is -2.09. The molecule has 0 aliphatic rings. The van der Waals surface area contributed by atoms with Gasteiger partial charge in [-0.1, -0.05) is 13.8 Å².